The van der Waals surface area contributed by atoms with Crippen LogP contribution in [-0.2, 0) is 11.3 Å². The number of rotatable bonds is 4. The molecule has 0 saturated carbocycles. The summed E-state index contributed by atoms with van der Waals surface area (Å²) >= 11 is 0. The standard InChI is InChI=1S/C25H30FN3O3/c1-2-28-21-14-29-20(11-10-17(24(29)31)16-8-4-5-9-19(16)26)23(28)22(18(21)15-30)25(32)27-12-6-3-7-13-27/h4-5,8-11,18,21-23,30H,2-3,6-7,12-15H2,1H3/t18-,21-,22+,23+/m1/s1. The Bertz CT molecular complexity index is 1080. The lowest BCUT2D eigenvalue weighted by Crippen LogP contribution is -2.46. The zero-order chi connectivity index (χ0) is 22.4. The van der Waals surface area contributed by atoms with Gasteiger partial charge in [-0.3, -0.25) is 14.5 Å². The van der Waals surface area contributed by atoms with Crippen LogP contribution in [0.5, 0.6) is 0 Å². The third-order valence-electron chi connectivity index (χ3n) is 7.65. The van der Waals surface area contributed by atoms with Gasteiger partial charge in [0.15, 0.2) is 0 Å². The van der Waals surface area contributed by atoms with E-state index in [1.165, 1.54) is 6.07 Å². The normalized spacial score (nSPS) is 27.4. The summed E-state index contributed by atoms with van der Waals surface area (Å²) in [5, 5.41) is 10.3. The summed E-state index contributed by atoms with van der Waals surface area (Å²) in [5.41, 5.74) is 1.17. The number of piperidine rings is 1. The molecule has 0 radical (unpaired) electrons. The Kier molecular flexibility index (Phi) is 5.63. The molecule has 32 heavy (non-hydrogen) atoms. The molecule has 5 rings (SSSR count). The van der Waals surface area contributed by atoms with Crippen LogP contribution in [0, 0.1) is 17.7 Å². The molecular formula is C25H30FN3O3. The van der Waals surface area contributed by atoms with Crippen LogP contribution in [0.25, 0.3) is 11.1 Å². The van der Waals surface area contributed by atoms with Gasteiger partial charge in [0.25, 0.3) is 5.56 Å². The molecule has 1 amide bonds. The molecule has 3 aliphatic heterocycles. The first-order chi connectivity index (χ1) is 15.6. The number of aliphatic hydroxyl groups excluding tert-OH is 1. The summed E-state index contributed by atoms with van der Waals surface area (Å²) in [6.07, 6.45) is 3.16. The smallest absolute Gasteiger partial charge is 0.258 e. The van der Waals surface area contributed by atoms with Crippen molar-refractivity contribution in [3.63, 3.8) is 0 Å². The third kappa shape index (κ3) is 3.21. The Hall–Kier alpha value is -2.51. The number of hydrogen-bond donors (Lipinski definition) is 1. The first-order valence-electron chi connectivity index (χ1n) is 11.7. The number of amides is 1. The molecule has 1 N–H and O–H groups in total. The largest absolute Gasteiger partial charge is 0.396 e. The number of aromatic nitrogens is 1. The SMILES string of the molecule is CCN1[C@@H]2Cn3c(ccc(-c4ccccc4F)c3=O)[C@H]1[C@@H](C(=O)N1CCCCC1)[C@@H]2CO. The minimum absolute atomic E-state index is 0.0915. The molecule has 170 valence electrons. The number of benzene rings is 1. The monoisotopic (exact) mass is 439 g/mol. The van der Waals surface area contributed by atoms with Gasteiger partial charge >= 0.3 is 0 Å². The molecule has 0 unspecified atom stereocenters. The van der Waals surface area contributed by atoms with Gasteiger partial charge in [0.2, 0.25) is 5.91 Å². The molecule has 1 aromatic carbocycles. The zero-order valence-corrected chi connectivity index (χ0v) is 18.4. The van der Waals surface area contributed by atoms with E-state index in [4.69, 9.17) is 0 Å². The molecule has 1 aromatic heterocycles. The van der Waals surface area contributed by atoms with Crippen molar-refractivity contribution in [3.05, 3.63) is 58.3 Å². The second-order valence-electron chi connectivity index (χ2n) is 9.17. The van der Waals surface area contributed by atoms with Gasteiger partial charge in [-0.05, 0) is 44.0 Å². The molecular weight excluding hydrogens is 409 g/mol. The molecule has 0 spiro atoms. The number of likely N-dealkylation sites (N-methyl/N-ethyl adjacent to an activating group) is 1. The van der Waals surface area contributed by atoms with Gasteiger partial charge in [0.05, 0.1) is 17.5 Å². The summed E-state index contributed by atoms with van der Waals surface area (Å²) in [6.45, 7) is 4.62. The molecule has 2 saturated heterocycles. The number of likely N-dealkylation sites (tertiary alicyclic amines) is 1. The summed E-state index contributed by atoms with van der Waals surface area (Å²) in [7, 11) is 0. The molecule has 4 atom stereocenters. The van der Waals surface area contributed by atoms with E-state index < -0.39 is 5.82 Å². The minimum atomic E-state index is -0.425. The van der Waals surface area contributed by atoms with Crippen molar-refractivity contribution >= 4 is 5.91 Å². The Morgan fingerprint density at radius 2 is 1.84 bits per heavy atom. The lowest BCUT2D eigenvalue weighted by molar-refractivity contribution is -0.139. The summed E-state index contributed by atoms with van der Waals surface area (Å²) < 4.78 is 16.1. The topological polar surface area (TPSA) is 65.8 Å². The van der Waals surface area contributed by atoms with Crippen molar-refractivity contribution in [1.29, 1.82) is 0 Å². The van der Waals surface area contributed by atoms with Crippen LogP contribution in [0.1, 0.15) is 37.9 Å². The van der Waals surface area contributed by atoms with Gasteiger partial charge < -0.3 is 14.6 Å². The van der Waals surface area contributed by atoms with Crippen molar-refractivity contribution in [3.8, 4) is 11.1 Å². The number of pyridine rings is 1. The number of carbonyl (C=O) groups excluding carboxylic acids is 1. The molecule has 4 heterocycles. The quantitative estimate of drug-likeness (QED) is 0.796. The van der Waals surface area contributed by atoms with Crippen LogP contribution in [-0.4, -0.2) is 57.7 Å². The van der Waals surface area contributed by atoms with E-state index in [9.17, 15) is 19.1 Å². The fourth-order valence-electron chi connectivity index (χ4n) is 6.15. The summed E-state index contributed by atoms with van der Waals surface area (Å²) in [6, 6.07) is 9.52. The van der Waals surface area contributed by atoms with E-state index in [1.54, 1.807) is 28.8 Å². The predicted molar refractivity (Wildman–Crippen MR) is 120 cm³/mol. The highest BCUT2D eigenvalue weighted by Gasteiger charge is 2.56. The predicted octanol–water partition coefficient (Wildman–Crippen LogP) is 2.65. The highest BCUT2D eigenvalue weighted by Crippen LogP contribution is 2.49. The van der Waals surface area contributed by atoms with Crippen molar-refractivity contribution in [2.75, 3.05) is 26.2 Å². The fraction of sp³-hybridized carbons (Fsp3) is 0.520. The van der Waals surface area contributed by atoms with Crippen LogP contribution in [0.3, 0.4) is 0 Å². The van der Waals surface area contributed by atoms with Crippen molar-refractivity contribution in [2.24, 2.45) is 11.8 Å². The highest BCUT2D eigenvalue weighted by molar-refractivity contribution is 5.81. The first-order valence-corrected chi connectivity index (χ1v) is 11.7. The second kappa shape index (κ2) is 8.45. The van der Waals surface area contributed by atoms with Crippen LogP contribution >= 0.6 is 0 Å². The van der Waals surface area contributed by atoms with Gasteiger partial charge in [0, 0.05) is 49.5 Å². The van der Waals surface area contributed by atoms with E-state index >= 15 is 0 Å². The minimum Gasteiger partial charge on any atom is -0.396 e. The first kappa shape index (κ1) is 21.3. The molecule has 3 aliphatic rings. The maximum atomic E-state index is 14.4. The molecule has 0 aliphatic carbocycles. The van der Waals surface area contributed by atoms with Crippen molar-refractivity contribution in [2.45, 2.75) is 44.8 Å². The van der Waals surface area contributed by atoms with Gasteiger partial charge in [-0.1, -0.05) is 25.1 Å². The zero-order valence-electron chi connectivity index (χ0n) is 18.4. The maximum absolute atomic E-state index is 14.4. The van der Waals surface area contributed by atoms with Gasteiger partial charge in [-0.2, -0.15) is 0 Å². The van der Waals surface area contributed by atoms with E-state index in [-0.39, 0.29) is 47.6 Å². The maximum Gasteiger partial charge on any atom is 0.258 e. The lowest BCUT2D eigenvalue weighted by atomic mass is 9.85. The van der Waals surface area contributed by atoms with Crippen LogP contribution in [0.4, 0.5) is 4.39 Å². The number of hydrogen-bond acceptors (Lipinski definition) is 4. The molecule has 2 aromatic rings. The molecule has 2 fully saturated rings. The molecule has 6 nitrogen and oxygen atoms in total. The van der Waals surface area contributed by atoms with Gasteiger partial charge in [-0.25, -0.2) is 4.39 Å². The number of fused-ring (bicyclic) bond motifs is 4. The van der Waals surface area contributed by atoms with Gasteiger partial charge in [-0.15, -0.1) is 0 Å². The fourth-order valence-corrected chi connectivity index (χ4v) is 6.15. The van der Waals surface area contributed by atoms with Crippen LogP contribution < -0.4 is 5.56 Å². The van der Waals surface area contributed by atoms with Gasteiger partial charge in [0.1, 0.15) is 5.82 Å². The van der Waals surface area contributed by atoms with Crippen LogP contribution in [0.2, 0.25) is 0 Å². The van der Waals surface area contributed by atoms with Crippen LogP contribution in [0.15, 0.2) is 41.2 Å². The number of halogens is 1. The lowest BCUT2D eigenvalue weighted by Gasteiger charge is -2.38. The number of nitrogens with zero attached hydrogens (tertiary/aromatic N) is 3. The second-order valence-corrected chi connectivity index (χ2v) is 9.17. The highest BCUT2D eigenvalue weighted by atomic mass is 19.1. The Morgan fingerprint density at radius 3 is 2.53 bits per heavy atom. The Morgan fingerprint density at radius 1 is 1.09 bits per heavy atom. The number of carbonyl (C=O) groups is 1. The van der Waals surface area contributed by atoms with Crippen molar-refractivity contribution in [1.82, 2.24) is 14.4 Å². The number of aliphatic hydroxyl groups is 1. The Labute approximate surface area is 187 Å². The average Bonchev–Trinajstić information content (AvgIpc) is 3.05. The molecule has 7 heteroatoms. The van der Waals surface area contributed by atoms with Crippen molar-refractivity contribution < 1.29 is 14.3 Å². The van der Waals surface area contributed by atoms with E-state index in [0.717, 1.165) is 44.6 Å². The Balaban J connectivity index is 1.60. The van der Waals surface area contributed by atoms with E-state index in [2.05, 4.69) is 11.8 Å². The summed E-state index contributed by atoms with van der Waals surface area (Å²) in [5.74, 6) is -0.944. The molecule has 2 bridgehead atoms. The third-order valence-corrected chi connectivity index (χ3v) is 7.65. The van der Waals surface area contributed by atoms with E-state index in [0.29, 0.717) is 12.1 Å². The average molecular weight is 440 g/mol. The van der Waals surface area contributed by atoms with E-state index in [1.807, 2.05) is 11.0 Å². The summed E-state index contributed by atoms with van der Waals surface area (Å²) in [4.78, 5) is 31.3.